The lowest BCUT2D eigenvalue weighted by molar-refractivity contribution is -0.151. The second kappa shape index (κ2) is 10.6. The van der Waals surface area contributed by atoms with Gasteiger partial charge >= 0.3 is 5.97 Å². The monoisotopic (exact) mass is 414 g/mol. The fourth-order valence-corrected chi connectivity index (χ4v) is 4.59. The van der Waals surface area contributed by atoms with E-state index in [1.54, 1.807) is 6.92 Å². The lowest BCUT2D eigenvalue weighted by Crippen LogP contribution is -2.46. The van der Waals surface area contributed by atoms with E-state index in [0.717, 1.165) is 44.1 Å². The summed E-state index contributed by atoms with van der Waals surface area (Å²) >= 11 is 0. The van der Waals surface area contributed by atoms with Gasteiger partial charge in [-0.15, -0.1) is 0 Å². The minimum atomic E-state index is -0.136. The van der Waals surface area contributed by atoms with E-state index < -0.39 is 0 Å². The van der Waals surface area contributed by atoms with Crippen LogP contribution in [0.2, 0.25) is 0 Å². The number of rotatable bonds is 6. The number of ether oxygens (including phenoxy) is 1. The van der Waals surface area contributed by atoms with Crippen molar-refractivity contribution in [3.8, 4) is 0 Å². The minimum absolute atomic E-state index is 0.00483. The highest BCUT2D eigenvalue weighted by atomic mass is 16.5. The van der Waals surface area contributed by atoms with E-state index in [4.69, 9.17) is 4.74 Å². The van der Waals surface area contributed by atoms with Crippen molar-refractivity contribution >= 4 is 17.8 Å². The van der Waals surface area contributed by atoms with Gasteiger partial charge in [-0.2, -0.15) is 0 Å². The molecule has 164 valence electrons. The van der Waals surface area contributed by atoms with Crippen LogP contribution in [0.25, 0.3) is 0 Å². The number of hydrogen-bond donors (Lipinski definition) is 1. The molecule has 0 radical (unpaired) electrons. The first-order valence-electron chi connectivity index (χ1n) is 11.2. The molecule has 0 spiro atoms. The molecule has 1 N–H and O–H groups in total. The first-order valence-corrected chi connectivity index (χ1v) is 11.2. The standard InChI is InChI=1S/C24H34N2O4/c1-17(24(29)30-16-19-6-4-3-5-7-19)20-8-10-22(11-9-20)25-23(28)21-12-14-26(15-13-21)18(2)27/h3-7,17,20-22H,8-16H2,1-2H3,(H,25,28)/t17?,20-,22-. The van der Waals surface area contributed by atoms with Crippen molar-refractivity contribution in [1.29, 1.82) is 0 Å². The molecule has 2 aliphatic rings. The quantitative estimate of drug-likeness (QED) is 0.725. The predicted octanol–water partition coefficient (Wildman–Crippen LogP) is 3.30. The van der Waals surface area contributed by atoms with Crippen molar-refractivity contribution in [3.05, 3.63) is 35.9 Å². The summed E-state index contributed by atoms with van der Waals surface area (Å²) < 4.78 is 5.50. The average molecular weight is 415 g/mol. The Morgan fingerprint density at radius 1 is 1.03 bits per heavy atom. The van der Waals surface area contributed by atoms with Crippen molar-refractivity contribution in [2.45, 2.75) is 65.0 Å². The van der Waals surface area contributed by atoms with E-state index in [2.05, 4.69) is 5.32 Å². The summed E-state index contributed by atoms with van der Waals surface area (Å²) in [5.41, 5.74) is 0.999. The van der Waals surface area contributed by atoms with E-state index in [0.29, 0.717) is 25.6 Å². The number of hydrogen-bond acceptors (Lipinski definition) is 4. The molecule has 6 heteroatoms. The zero-order chi connectivity index (χ0) is 21.5. The molecule has 1 aliphatic carbocycles. The highest BCUT2D eigenvalue weighted by Crippen LogP contribution is 2.31. The van der Waals surface area contributed by atoms with Gasteiger partial charge in [0.2, 0.25) is 11.8 Å². The maximum atomic E-state index is 12.6. The van der Waals surface area contributed by atoms with Crippen LogP contribution in [0.15, 0.2) is 30.3 Å². The molecule has 1 saturated carbocycles. The van der Waals surface area contributed by atoms with Gasteiger partial charge in [0.15, 0.2) is 0 Å². The van der Waals surface area contributed by atoms with Crippen LogP contribution in [0.4, 0.5) is 0 Å². The van der Waals surface area contributed by atoms with Crippen molar-refractivity contribution in [2.75, 3.05) is 13.1 Å². The van der Waals surface area contributed by atoms with E-state index in [1.165, 1.54) is 0 Å². The number of likely N-dealkylation sites (tertiary alicyclic amines) is 1. The third-order valence-corrected chi connectivity index (χ3v) is 6.73. The van der Waals surface area contributed by atoms with Gasteiger partial charge in [0.05, 0.1) is 5.92 Å². The molecular weight excluding hydrogens is 380 g/mol. The van der Waals surface area contributed by atoms with Gasteiger partial charge in [-0.05, 0) is 50.0 Å². The molecule has 1 aliphatic heterocycles. The summed E-state index contributed by atoms with van der Waals surface area (Å²) in [6.45, 7) is 5.19. The number of nitrogens with zero attached hydrogens (tertiary/aromatic N) is 1. The first-order chi connectivity index (χ1) is 14.4. The Hall–Kier alpha value is -2.37. The van der Waals surface area contributed by atoms with E-state index >= 15 is 0 Å². The second-order valence-corrected chi connectivity index (χ2v) is 8.78. The van der Waals surface area contributed by atoms with Crippen LogP contribution < -0.4 is 5.32 Å². The number of carbonyl (C=O) groups excluding carboxylic acids is 3. The van der Waals surface area contributed by atoms with Gasteiger partial charge in [0.25, 0.3) is 0 Å². The zero-order valence-corrected chi connectivity index (χ0v) is 18.1. The smallest absolute Gasteiger partial charge is 0.309 e. The summed E-state index contributed by atoms with van der Waals surface area (Å²) in [4.78, 5) is 38.3. The number of amides is 2. The summed E-state index contributed by atoms with van der Waals surface area (Å²) in [5, 5.41) is 3.21. The Bertz CT molecular complexity index is 720. The van der Waals surface area contributed by atoms with Crippen LogP contribution >= 0.6 is 0 Å². The maximum Gasteiger partial charge on any atom is 0.309 e. The molecule has 2 amide bonds. The van der Waals surface area contributed by atoms with Crippen molar-refractivity contribution in [2.24, 2.45) is 17.8 Å². The molecule has 30 heavy (non-hydrogen) atoms. The lowest BCUT2D eigenvalue weighted by Gasteiger charge is -2.34. The van der Waals surface area contributed by atoms with E-state index in [9.17, 15) is 14.4 Å². The lowest BCUT2D eigenvalue weighted by atomic mass is 9.78. The average Bonchev–Trinajstić information content (AvgIpc) is 2.78. The molecule has 1 aromatic carbocycles. The molecule has 0 bridgehead atoms. The molecule has 1 aromatic rings. The number of carbonyl (C=O) groups is 3. The first kappa shape index (κ1) is 22.3. The van der Waals surface area contributed by atoms with Crippen molar-refractivity contribution in [3.63, 3.8) is 0 Å². The van der Waals surface area contributed by atoms with Crippen LogP contribution in [-0.2, 0) is 25.7 Å². The summed E-state index contributed by atoms with van der Waals surface area (Å²) in [5.74, 6) is 0.260. The van der Waals surface area contributed by atoms with Crippen LogP contribution in [0, 0.1) is 17.8 Å². The number of piperidine rings is 1. The maximum absolute atomic E-state index is 12.6. The Morgan fingerprint density at radius 2 is 1.67 bits per heavy atom. The Labute approximate surface area is 179 Å². The molecule has 1 atom stereocenters. The Kier molecular flexibility index (Phi) is 7.88. The number of nitrogens with one attached hydrogen (secondary N) is 1. The van der Waals surface area contributed by atoms with Gasteiger partial charge in [-0.1, -0.05) is 37.3 Å². The van der Waals surface area contributed by atoms with E-state index in [-0.39, 0.29) is 35.7 Å². The molecule has 0 aromatic heterocycles. The third kappa shape index (κ3) is 6.07. The fraction of sp³-hybridized carbons (Fsp3) is 0.625. The van der Waals surface area contributed by atoms with Crippen LogP contribution in [0.5, 0.6) is 0 Å². The SMILES string of the molecule is CC(=O)N1CCC(C(=O)N[C@H]2CC[C@H](C(C)C(=O)OCc3ccccc3)CC2)CC1. The summed E-state index contributed by atoms with van der Waals surface area (Å²) in [6.07, 6.45) is 5.14. The number of esters is 1. The molecular formula is C24H34N2O4. The largest absolute Gasteiger partial charge is 0.461 e. The normalized spacial score (nSPS) is 23.5. The minimum Gasteiger partial charge on any atom is -0.461 e. The molecule has 3 rings (SSSR count). The highest BCUT2D eigenvalue weighted by molar-refractivity contribution is 5.80. The Balaban J connectivity index is 1.37. The summed E-state index contributed by atoms with van der Waals surface area (Å²) in [7, 11) is 0. The van der Waals surface area contributed by atoms with Gasteiger partial charge in [0, 0.05) is 32.0 Å². The van der Waals surface area contributed by atoms with Crippen LogP contribution in [0.1, 0.15) is 57.9 Å². The van der Waals surface area contributed by atoms with Gasteiger partial charge < -0.3 is 15.0 Å². The fourth-order valence-electron chi connectivity index (χ4n) is 4.59. The molecule has 1 unspecified atom stereocenters. The molecule has 6 nitrogen and oxygen atoms in total. The topological polar surface area (TPSA) is 75.7 Å². The van der Waals surface area contributed by atoms with Gasteiger partial charge in [-0.25, -0.2) is 0 Å². The zero-order valence-electron chi connectivity index (χ0n) is 18.1. The second-order valence-electron chi connectivity index (χ2n) is 8.78. The molecule has 1 saturated heterocycles. The number of benzene rings is 1. The molecule has 1 heterocycles. The van der Waals surface area contributed by atoms with Crippen molar-refractivity contribution < 1.29 is 19.1 Å². The van der Waals surface area contributed by atoms with Crippen LogP contribution in [0.3, 0.4) is 0 Å². The predicted molar refractivity (Wildman–Crippen MR) is 114 cm³/mol. The van der Waals surface area contributed by atoms with Crippen LogP contribution in [-0.4, -0.2) is 41.8 Å². The third-order valence-electron chi connectivity index (χ3n) is 6.73. The highest BCUT2D eigenvalue weighted by Gasteiger charge is 2.32. The van der Waals surface area contributed by atoms with Crippen molar-refractivity contribution in [1.82, 2.24) is 10.2 Å². The van der Waals surface area contributed by atoms with E-state index in [1.807, 2.05) is 42.2 Å². The summed E-state index contributed by atoms with van der Waals surface area (Å²) in [6, 6.07) is 9.92. The Morgan fingerprint density at radius 3 is 2.27 bits per heavy atom. The molecule has 2 fully saturated rings. The van der Waals surface area contributed by atoms with Gasteiger partial charge in [-0.3, -0.25) is 14.4 Å². The van der Waals surface area contributed by atoms with Gasteiger partial charge in [0.1, 0.15) is 6.61 Å².